The minimum absolute atomic E-state index is 0.215. The molecule has 0 saturated carbocycles. The summed E-state index contributed by atoms with van der Waals surface area (Å²) in [7, 11) is 0. The molecule has 0 aliphatic carbocycles. The van der Waals surface area contributed by atoms with Gasteiger partial charge in [0.05, 0.1) is 24.6 Å². The molecule has 152 valence electrons. The second kappa shape index (κ2) is 8.42. The van der Waals surface area contributed by atoms with E-state index in [1.165, 1.54) is 27.8 Å². The van der Waals surface area contributed by atoms with Crippen LogP contribution < -0.4 is 0 Å². The standard InChI is InChI=1S/C22H24N2O3S2/c1-4-26-18(25)13-28-20-19-15-11-22(2,3)27-12-16(15)29-21(19)24-17(23-20)10-14-8-6-5-7-9-14/h5-9H,4,10-13H2,1-3H3. The number of carbonyl (C=O) groups excluding carboxylic acids is 1. The van der Waals surface area contributed by atoms with Crippen LogP contribution in [-0.2, 0) is 33.7 Å². The van der Waals surface area contributed by atoms with Crippen LogP contribution >= 0.6 is 23.1 Å². The molecule has 0 spiro atoms. The van der Waals surface area contributed by atoms with Crippen molar-refractivity contribution in [2.75, 3.05) is 12.4 Å². The SMILES string of the molecule is CCOC(=O)CSc1nc(Cc2ccccc2)nc2sc3c(c12)CC(C)(C)OC3. The van der Waals surface area contributed by atoms with Crippen molar-refractivity contribution in [3.63, 3.8) is 0 Å². The molecule has 7 heteroatoms. The zero-order chi connectivity index (χ0) is 20.4. The Morgan fingerprint density at radius 1 is 1.28 bits per heavy atom. The molecule has 1 aliphatic rings. The monoisotopic (exact) mass is 428 g/mol. The summed E-state index contributed by atoms with van der Waals surface area (Å²) in [6.45, 7) is 7.02. The molecule has 2 aromatic heterocycles. The molecular formula is C22H24N2O3S2. The molecule has 1 aliphatic heterocycles. The van der Waals surface area contributed by atoms with E-state index in [2.05, 4.69) is 26.0 Å². The number of hydrogen-bond acceptors (Lipinski definition) is 7. The Balaban J connectivity index is 1.74. The van der Waals surface area contributed by atoms with Crippen LogP contribution in [0.15, 0.2) is 35.4 Å². The number of aromatic nitrogens is 2. The number of esters is 1. The first-order valence-corrected chi connectivity index (χ1v) is 11.5. The zero-order valence-corrected chi connectivity index (χ0v) is 18.5. The summed E-state index contributed by atoms with van der Waals surface area (Å²) in [4.78, 5) is 23.9. The molecule has 0 atom stereocenters. The van der Waals surface area contributed by atoms with Crippen molar-refractivity contribution >= 4 is 39.3 Å². The fourth-order valence-corrected chi connectivity index (χ4v) is 5.50. The van der Waals surface area contributed by atoms with Crippen molar-refractivity contribution in [1.29, 1.82) is 0 Å². The number of thiophene rings is 1. The lowest BCUT2D eigenvalue weighted by molar-refractivity contribution is -0.139. The normalized spacial score (nSPS) is 15.3. The van der Waals surface area contributed by atoms with Crippen LogP contribution in [0, 0.1) is 0 Å². The van der Waals surface area contributed by atoms with Gasteiger partial charge in [0.25, 0.3) is 0 Å². The molecule has 0 saturated heterocycles. The lowest BCUT2D eigenvalue weighted by atomic mass is 9.94. The fraction of sp³-hybridized carbons (Fsp3) is 0.409. The summed E-state index contributed by atoms with van der Waals surface area (Å²) >= 11 is 3.12. The van der Waals surface area contributed by atoms with E-state index in [-0.39, 0.29) is 17.3 Å². The predicted molar refractivity (Wildman–Crippen MR) is 117 cm³/mol. The smallest absolute Gasteiger partial charge is 0.316 e. The Morgan fingerprint density at radius 2 is 2.07 bits per heavy atom. The second-order valence-electron chi connectivity index (χ2n) is 7.61. The lowest BCUT2D eigenvalue weighted by Gasteiger charge is -2.30. The van der Waals surface area contributed by atoms with Crippen molar-refractivity contribution in [2.24, 2.45) is 0 Å². The van der Waals surface area contributed by atoms with Crippen LogP contribution in [-0.4, -0.2) is 33.9 Å². The molecule has 3 heterocycles. The van der Waals surface area contributed by atoms with Crippen LogP contribution in [0.25, 0.3) is 10.2 Å². The molecule has 1 aromatic carbocycles. The summed E-state index contributed by atoms with van der Waals surface area (Å²) in [5.74, 6) is 0.797. The van der Waals surface area contributed by atoms with E-state index in [0.717, 1.165) is 27.5 Å². The molecule has 0 radical (unpaired) electrons. The number of benzene rings is 1. The lowest BCUT2D eigenvalue weighted by Crippen LogP contribution is -2.31. The Kier molecular flexibility index (Phi) is 5.90. The molecule has 0 amide bonds. The van der Waals surface area contributed by atoms with Crippen LogP contribution in [0.5, 0.6) is 0 Å². The van der Waals surface area contributed by atoms with Crippen molar-refractivity contribution in [1.82, 2.24) is 9.97 Å². The van der Waals surface area contributed by atoms with E-state index in [4.69, 9.17) is 19.4 Å². The number of ether oxygens (including phenoxy) is 2. The third kappa shape index (κ3) is 4.63. The van der Waals surface area contributed by atoms with E-state index < -0.39 is 0 Å². The van der Waals surface area contributed by atoms with E-state index in [0.29, 0.717) is 19.6 Å². The Morgan fingerprint density at radius 3 is 2.83 bits per heavy atom. The third-order valence-corrected chi connectivity index (χ3v) is 6.83. The van der Waals surface area contributed by atoms with Crippen molar-refractivity contribution in [3.8, 4) is 0 Å². The molecule has 0 bridgehead atoms. The predicted octanol–water partition coefficient (Wildman–Crippen LogP) is 4.79. The number of nitrogens with zero attached hydrogens (tertiary/aromatic N) is 2. The van der Waals surface area contributed by atoms with Gasteiger partial charge in [0.1, 0.15) is 15.7 Å². The molecule has 0 N–H and O–H groups in total. The molecule has 29 heavy (non-hydrogen) atoms. The number of hydrogen-bond donors (Lipinski definition) is 0. The number of carbonyl (C=O) groups is 1. The average Bonchev–Trinajstić information content (AvgIpc) is 3.04. The average molecular weight is 429 g/mol. The number of fused-ring (bicyclic) bond motifs is 3. The van der Waals surface area contributed by atoms with Crippen LogP contribution in [0.4, 0.5) is 0 Å². The van der Waals surface area contributed by atoms with Crippen LogP contribution in [0.3, 0.4) is 0 Å². The zero-order valence-electron chi connectivity index (χ0n) is 16.9. The van der Waals surface area contributed by atoms with Gasteiger partial charge in [-0.2, -0.15) is 0 Å². The van der Waals surface area contributed by atoms with Crippen LogP contribution in [0.2, 0.25) is 0 Å². The first-order chi connectivity index (χ1) is 13.9. The topological polar surface area (TPSA) is 61.3 Å². The Labute approximate surface area is 178 Å². The molecule has 3 aromatic rings. The highest BCUT2D eigenvalue weighted by Gasteiger charge is 2.31. The van der Waals surface area contributed by atoms with Gasteiger partial charge < -0.3 is 9.47 Å². The highest BCUT2D eigenvalue weighted by Crippen LogP contribution is 2.41. The van der Waals surface area contributed by atoms with Gasteiger partial charge in [0.15, 0.2) is 0 Å². The third-order valence-electron chi connectivity index (χ3n) is 4.78. The second-order valence-corrected chi connectivity index (χ2v) is 9.66. The quantitative estimate of drug-likeness (QED) is 0.320. The van der Waals surface area contributed by atoms with Crippen molar-refractivity contribution in [2.45, 2.75) is 50.8 Å². The minimum atomic E-state index is -0.221. The molecule has 0 fully saturated rings. The van der Waals surface area contributed by atoms with E-state index in [9.17, 15) is 4.79 Å². The summed E-state index contributed by atoms with van der Waals surface area (Å²) in [5, 5.41) is 1.94. The maximum atomic E-state index is 12.0. The summed E-state index contributed by atoms with van der Waals surface area (Å²) in [6, 6.07) is 10.2. The largest absolute Gasteiger partial charge is 0.465 e. The highest BCUT2D eigenvalue weighted by molar-refractivity contribution is 8.00. The Hall–Kier alpha value is -1.96. The van der Waals surface area contributed by atoms with Crippen molar-refractivity contribution < 1.29 is 14.3 Å². The van der Waals surface area contributed by atoms with Gasteiger partial charge in [-0.1, -0.05) is 42.1 Å². The van der Waals surface area contributed by atoms with Gasteiger partial charge in [-0.25, -0.2) is 9.97 Å². The van der Waals surface area contributed by atoms with Gasteiger partial charge in [0.2, 0.25) is 0 Å². The van der Waals surface area contributed by atoms with Gasteiger partial charge in [-0.15, -0.1) is 11.3 Å². The molecular weight excluding hydrogens is 404 g/mol. The van der Waals surface area contributed by atoms with E-state index in [1.54, 1.807) is 11.3 Å². The van der Waals surface area contributed by atoms with Crippen molar-refractivity contribution in [3.05, 3.63) is 52.2 Å². The molecule has 5 nitrogen and oxygen atoms in total. The number of thioether (sulfide) groups is 1. The number of rotatable bonds is 6. The highest BCUT2D eigenvalue weighted by atomic mass is 32.2. The van der Waals surface area contributed by atoms with E-state index >= 15 is 0 Å². The van der Waals surface area contributed by atoms with Gasteiger partial charge in [-0.3, -0.25) is 4.79 Å². The summed E-state index contributed by atoms with van der Waals surface area (Å²) in [5.41, 5.74) is 2.21. The maximum Gasteiger partial charge on any atom is 0.316 e. The van der Waals surface area contributed by atoms with Gasteiger partial charge >= 0.3 is 5.97 Å². The fourth-order valence-electron chi connectivity index (χ4n) is 3.45. The van der Waals surface area contributed by atoms with E-state index in [1.807, 2.05) is 25.1 Å². The molecule has 0 unspecified atom stereocenters. The van der Waals surface area contributed by atoms with Gasteiger partial charge in [0, 0.05) is 23.1 Å². The first-order valence-electron chi connectivity index (χ1n) is 9.72. The minimum Gasteiger partial charge on any atom is -0.465 e. The summed E-state index contributed by atoms with van der Waals surface area (Å²) < 4.78 is 11.1. The van der Waals surface area contributed by atoms with Gasteiger partial charge in [-0.05, 0) is 31.9 Å². The van der Waals surface area contributed by atoms with Crippen LogP contribution in [0.1, 0.15) is 42.6 Å². The summed E-state index contributed by atoms with van der Waals surface area (Å²) in [6.07, 6.45) is 1.48. The molecule has 4 rings (SSSR count). The Bertz CT molecular complexity index is 1030. The first kappa shape index (κ1) is 20.3. The maximum absolute atomic E-state index is 12.0.